The van der Waals surface area contributed by atoms with Crippen molar-refractivity contribution >= 4 is 27.6 Å². The summed E-state index contributed by atoms with van der Waals surface area (Å²) in [6, 6.07) is 4.33. The lowest BCUT2D eigenvalue weighted by Crippen LogP contribution is -2.40. The first kappa shape index (κ1) is 14.3. The predicted octanol–water partition coefficient (Wildman–Crippen LogP) is 0.549. The van der Waals surface area contributed by atoms with Gasteiger partial charge in [-0.05, 0) is 18.2 Å². The lowest BCUT2D eigenvalue weighted by molar-refractivity contribution is -0.140. The van der Waals surface area contributed by atoms with Crippen molar-refractivity contribution in [3.63, 3.8) is 0 Å². The largest absolute Gasteiger partial charge is 0.480 e. The molecule has 8 heteroatoms. The molecule has 0 radical (unpaired) electrons. The molecule has 0 amide bonds. The molecule has 1 heterocycles. The number of nitrogens with zero attached hydrogens (tertiary/aromatic N) is 1. The topological polar surface area (TPSA) is 94.9 Å². The number of carboxylic acid groups (broad SMARTS) is 1. The Labute approximate surface area is 115 Å². The fraction of sp³-hybridized carbons (Fsp3) is 0.364. The van der Waals surface area contributed by atoms with Crippen molar-refractivity contribution in [2.75, 3.05) is 6.54 Å². The monoisotopic (exact) mass is 305 g/mol. The van der Waals surface area contributed by atoms with Crippen LogP contribution in [0.2, 0.25) is 5.02 Å². The summed E-state index contributed by atoms with van der Waals surface area (Å²) >= 11 is 5.74. The number of aliphatic hydroxyl groups excluding tert-OH is 1. The summed E-state index contributed by atoms with van der Waals surface area (Å²) in [4.78, 5) is 11.0. The fourth-order valence-corrected chi connectivity index (χ4v) is 3.97. The molecule has 0 spiro atoms. The van der Waals surface area contributed by atoms with Crippen LogP contribution in [-0.2, 0) is 14.8 Å². The Kier molecular flexibility index (Phi) is 3.82. The van der Waals surface area contributed by atoms with Crippen LogP contribution in [0.15, 0.2) is 29.2 Å². The molecule has 1 aromatic rings. The maximum absolute atomic E-state index is 12.3. The summed E-state index contributed by atoms with van der Waals surface area (Å²) in [6.45, 7) is -0.230. The van der Waals surface area contributed by atoms with E-state index in [0.717, 1.165) is 4.31 Å². The Balaban J connectivity index is 2.41. The Morgan fingerprint density at radius 3 is 2.68 bits per heavy atom. The maximum atomic E-state index is 12.3. The van der Waals surface area contributed by atoms with Gasteiger partial charge in [-0.1, -0.05) is 17.7 Å². The second-order valence-electron chi connectivity index (χ2n) is 4.28. The minimum atomic E-state index is -3.98. The third-order valence-corrected chi connectivity index (χ3v) is 5.03. The molecule has 1 aliphatic heterocycles. The van der Waals surface area contributed by atoms with Gasteiger partial charge in [-0.2, -0.15) is 4.31 Å². The highest BCUT2D eigenvalue weighted by Gasteiger charge is 2.43. The minimum absolute atomic E-state index is 0.0830. The number of carboxylic acids is 1. The highest BCUT2D eigenvalue weighted by atomic mass is 35.5. The first-order chi connectivity index (χ1) is 8.82. The minimum Gasteiger partial charge on any atom is -0.480 e. The number of benzene rings is 1. The molecule has 1 aliphatic rings. The number of rotatable bonds is 3. The second-order valence-corrected chi connectivity index (χ2v) is 6.60. The molecule has 1 fully saturated rings. The van der Waals surface area contributed by atoms with Crippen LogP contribution >= 0.6 is 11.6 Å². The van der Waals surface area contributed by atoms with Crippen LogP contribution in [0, 0.1) is 0 Å². The molecule has 0 aliphatic carbocycles. The smallest absolute Gasteiger partial charge is 0.322 e. The molecule has 2 N–H and O–H groups in total. The first-order valence-electron chi connectivity index (χ1n) is 5.50. The lowest BCUT2D eigenvalue weighted by atomic mass is 10.2. The number of aliphatic carboxylic acids is 1. The number of carbonyl (C=O) groups is 1. The van der Waals surface area contributed by atoms with Crippen molar-refractivity contribution < 1.29 is 23.4 Å². The van der Waals surface area contributed by atoms with Crippen molar-refractivity contribution in [1.82, 2.24) is 4.31 Å². The molecule has 6 nitrogen and oxygen atoms in total. The number of aliphatic hydroxyl groups is 1. The van der Waals surface area contributed by atoms with E-state index in [1.807, 2.05) is 0 Å². The van der Waals surface area contributed by atoms with E-state index < -0.39 is 28.1 Å². The summed E-state index contributed by atoms with van der Waals surface area (Å²) in [7, 11) is -3.98. The van der Waals surface area contributed by atoms with Crippen molar-refractivity contribution in [2.24, 2.45) is 0 Å². The van der Waals surface area contributed by atoms with Crippen molar-refractivity contribution in [3.05, 3.63) is 29.3 Å². The Morgan fingerprint density at radius 2 is 2.11 bits per heavy atom. The van der Waals surface area contributed by atoms with Gasteiger partial charge >= 0.3 is 5.97 Å². The van der Waals surface area contributed by atoms with Gasteiger partial charge in [-0.3, -0.25) is 4.79 Å². The maximum Gasteiger partial charge on any atom is 0.322 e. The van der Waals surface area contributed by atoms with Gasteiger partial charge in [0.05, 0.1) is 11.0 Å². The molecule has 19 heavy (non-hydrogen) atoms. The summed E-state index contributed by atoms with van der Waals surface area (Å²) < 4.78 is 25.5. The van der Waals surface area contributed by atoms with E-state index in [4.69, 9.17) is 16.7 Å². The predicted molar refractivity (Wildman–Crippen MR) is 67.4 cm³/mol. The van der Waals surface area contributed by atoms with E-state index >= 15 is 0 Å². The Hall–Kier alpha value is -1.15. The van der Waals surface area contributed by atoms with Crippen LogP contribution in [0.5, 0.6) is 0 Å². The molecular formula is C11H12ClNO5S. The summed E-state index contributed by atoms with van der Waals surface area (Å²) in [6.07, 6.45) is -1.09. The molecule has 0 aromatic heterocycles. The van der Waals surface area contributed by atoms with Crippen LogP contribution in [0.3, 0.4) is 0 Å². The van der Waals surface area contributed by atoms with Gasteiger partial charge in [0.15, 0.2) is 0 Å². The van der Waals surface area contributed by atoms with Gasteiger partial charge in [0.1, 0.15) is 6.04 Å². The van der Waals surface area contributed by atoms with Crippen molar-refractivity contribution in [1.29, 1.82) is 0 Å². The van der Waals surface area contributed by atoms with Gasteiger partial charge < -0.3 is 10.2 Å². The number of sulfonamides is 1. The summed E-state index contributed by atoms with van der Waals surface area (Å²) in [5.41, 5.74) is 0. The average Bonchev–Trinajstić information content (AvgIpc) is 2.72. The van der Waals surface area contributed by atoms with Gasteiger partial charge in [0, 0.05) is 18.0 Å². The molecule has 1 aromatic carbocycles. The number of hydrogen-bond donors (Lipinski definition) is 2. The second kappa shape index (κ2) is 5.09. The zero-order valence-electron chi connectivity index (χ0n) is 9.73. The summed E-state index contributed by atoms with van der Waals surface area (Å²) in [5, 5.41) is 18.8. The van der Waals surface area contributed by atoms with Crippen LogP contribution in [0.4, 0.5) is 0 Å². The van der Waals surface area contributed by atoms with Crippen LogP contribution in [-0.4, -0.2) is 47.6 Å². The molecule has 2 atom stereocenters. The quantitative estimate of drug-likeness (QED) is 0.850. The van der Waals surface area contributed by atoms with Crippen LogP contribution in [0.25, 0.3) is 0 Å². The zero-order valence-corrected chi connectivity index (χ0v) is 11.3. The normalized spacial score (nSPS) is 24.5. The van der Waals surface area contributed by atoms with E-state index in [1.54, 1.807) is 0 Å². The highest BCUT2D eigenvalue weighted by molar-refractivity contribution is 7.89. The molecule has 0 saturated carbocycles. The highest BCUT2D eigenvalue weighted by Crippen LogP contribution is 2.27. The molecule has 1 saturated heterocycles. The van der Waals surface area contributed by atoms with E-state index in [2.05, 4.69) is 0 Å². The SMILES string of the molecule is O=C(O)[C@H]1C[C@@H](O)CN1S(=O)(=O)c1cccc(Cl)c1. The third-order valence-electron chi connectivity index (χ3n) is 2.92. The Bertz CT molecular complexity index is 603. The summed E-state index contributed by atoms with van der Waals surface area (Å²) in [5.74, 6) is -1.28. The molecule has 2 rings (SSSR count). The number of halogens is 1. The third kappa shape index (κ3) is 2.74. The van der Waals surface area contributed by atoms with E-state index in [0.29, 0.717) is 0 Å². The molecule has 104 valence electrons. The van der Waals surface area contributed by atoms with E-state index in [1.165, 1.54) is 24.3 Å². The molecular weight excluding hydrogens is 294 g/mol. The van der Waals surface area contributed by atoms with Crippen molar-refractivity contribution in [2.45, 2.75) is 23.5 Å². The van der Waals surface area contributed by atoms with Gasteiger partial charge in [0.25, 0.3) is 0 Å². The zero-order chi connectivity index (χ0) is 14.2. The van der Waals surface area contributed by atoms with Crippen LogP contribution < -0.4 is 0 Å². The van der Waals surface area contributed by atoms with Crippen molar-refractivity contribution in [3.8, 4) is 0 Å². The first-order valence-corrected chi connectivity index (χ1v) is 7.32. The van der Waals surface area contributed by atoms with Gasteiger partial charge in [0.2, 0.25) is 10.0 Å². The van der Waals surface area contributed by atoms with Crippen LogP contribution in [0.1, 0.15) is 6.42 Å². The number of β-amino-alcohol motifs (C(OH)–C–C–N with tert-alkyl or cyclic N) is 1. The fourth-order valence-electron chi connectivity index (χ4n) is 2.04. The average molecular weight is 306 g/mol. The number of hydrogen-bond acceptors (Lipinski definition) is 4. The standard InChI is InChI=1S/C11H12ClNO5S/c12-7-2-1-3-9(4-7)19(17,18)13-6-8(14)5-10(13)11(15)16/h1-4,8,10,14H,5-6H2,(H,15,16)/t8-,10-/m1/s1. The molecule has 0 unspecified atom stereocenters. The van der Waals surface area contributed by atoms with Gasteiger partial charge in [-0.15, -0.1) is 0 Å². The van der Waals surface area contributed by atoms with E-state index in [-0.39, 0.29) is 22.9 Å². The molecule has 0 bridgehead atoms. The Morgan fingerprint density at radius 1 is 1.42 bits per heavy atom. The van der Waals surface area contributed by atoms with Gasteiger partial charge in [-0.25, -0.2) is 8.42 Å². The lowest BCUT2D eigenvalue weighted by Gasteiger charge is -2.20. The van der Waals surface area contributed by atoms with E-state index in [9.17, 15) is 18.3 Å².